The third-order valence-electron chi connectivity index (χ3n) is 3.14. The lowest BCUT2D eigenvalue weighted by molar-refractivity contribution is 0.0588. The highest BCUT2D eigenvalue weighted by molar-refractivity contribution is 9.10. The van der Waals surface area contributed by atoms with Gasteiger partial charge in [-0.2, -0.15) is 8.42 Å². The highest BCUT2D eigenvalue weighted by Gasteiger charge is 2.20. The molecule has 0 fully saturated rings. The Labute approximate surface area is 145 Å². The molecule has 124 valence electrons. The summed E-state index contributed by atoms with van der Waals surface area (Å²) in [6.07, 6.45) is 0. The Balaban J connectivity index is 1.95. The Morgan fingerprint density at radius 2 is 1.96 bits per heavy atom. The molecule has 1 N–H and O–H groups in total. The van der Waals surface area contributed by atoms with Crippen molar-refractivity contribution in [3.63, 3.8) is 0 Å². The van der Waals surface area contributed by atoms with Crippen LogP contribution in [0, 0.1) is 0 Å². The van der Waals surface area contributed by atoms with Crippen molar-refractivity contribution in [2.75, 3.05) is 7.11 Å². The minimum absolute atomic E-state index is 0.0185. The minimum Gasteiger partial charge on any atom is -0.463 e. The summed E-state index contributed by atoms with van der Waals surface area (Å²) in [6, 6.07) is 10.8. The molecule has 3 aromatic rings. The molecule has 0 bridgehead atoms. The van der Waals surface area contributed by atoms with Gasteiger partial charge in [-0.3, -0.25) is 0 Å². The lowest BCUT2D eigenvalue weighted by Crippen LogP contribution is -2.10. The van der Waals surface area contributed by atoms with Crippen LogP contribution in [0.1, 0.15) is 10.6 Å². The topological polar surface area (TPSA) is 98.3 Å². The van der Waals surface area contributed by atoms with Crippen molar-refractivity contribution < 1.29 is 22.1 Å². The molecular weight excluding hydrogens is 400 g/mol. The van der Waals surface area contributed by atoms with Crippen molar-refractivity contribution in [3.8, 4) is 5.75 Å². The summed E-state index contributed by atoms with van der Waals surface area (Å²) in [6.45, 7) is 0. The van der Waals surface area contributed by atoms with Crippen LogP contribution in [0.25, 0.3) is 11.0 Å². The average molecular weight is 411 g/mol. The van der Waals surface area contributed by atoms with E-state index < -0.39 is 16.1 Å². The van der Waals surface area contributed by atoms with Gasteiger partial charge in [0.05, 0.1) is 18.1 Å². The number of methoxy groups -OCH3 is 1. The number of carbonyl (C=O) groups excluding carboxylic acids is 1. The molecular formula is C15H11BrN2O5S. The maximum absolute atomic E-state index is 12.4. The Kier molecular flexibility index (Phi) is 4.29. The number of fused-ring (bicyclic) bond motifs is 1. The number of nitrogens with zero attached hydrogens (tertiary/aromatic N) is 1. The molecule has 7 nitrogen and oxygen atoms in total. The van der Waals surface area contributed by atoms with Crippen LogP contribution in [0.5, 0.6) is 5.75 Å². The smallest absolute Gasteiger partial charge is 0.374 e. The number of nitrogens with one attached hydrogen (secondary N) is 1. The number of halogens is 1. The van der Waals surface area contributed by atoms with Crippen molar-refractivity contribution in [3.05, 3.63) is 52.8 Å². The minimum atomic E-state index is -4.00. The molecule has 9 heteroatoms. The van der Waals surface area contributed by atoms with Crippen LogP contribution in [0.4, 0.5) is 0 Å². The molecule has 2 aromatic carbocycles. The predicted molar refractivity (Wildman–Crippen MR) is 89.4 cm³/mol. The number of esters is 1. The summed E-state index contributed by atoms with van der Waals surface area (Å²) in [5, 5.41) is 0. The standard InChI is InChI=1S/C15H11BrN2O5S/c1-22-15(19)14-17-11-7-6-9(8-12(11)18-14)23-24(20,21)13-5-3-2-4-10(13)16/h2-8H,1H3,(H,17,18). The van der Waals surface area contributed by atoms with Crippen LogP contribution in [0.3, 0.4) is 0 Å². The van der Waals surface area contributed by atoms with E-state index in [1.807, 2.05) is 0 Å². The number of aromatic amines is 1. The lowest BCUT2D eigenvalue weighted by atomic mass is 10.3. The second-order valence-electron chi connectivity index (χ2n) is 4.72. The van der Waals surface area contributed by atoms with Crippen molar-refractivity contribution in [1.82, 2.24) is 9.97 Å². The van der Waals surface area contributed by atoms with E-state index in [1.165, 1.54) is 25.3 Å². The zero-order valence-electron chi connectivity index (χ0n) is 12.3. The number of H-pyrrole nitrogens is 1. The first-order valence-corrected chi connectivity index (χ1v) is 8.88. The first kappa shape index (κ1) is 16.5. The second-order valence-corrected chi connectivity index (χ2v) is 7.09. The van der Waals surface area contributed by atoms with Crippen LogP contribution < -0.4 is 4.18 Å². The zero-order valence-corrected chi connectivity index (χ0v) is 14.7. The molecule has 24 heavy (non-hydrogen) atoms. The van der Waals surface area contributed by atoms with E-state index in [0.717, 1.165) is 0 Å². The van der Waals surface area contributed by atoms with Gasteiger partial charge in [0, 0.05) is 10.5 Å². The maximum atomic E-state index is 12.4. The third-order valence-corrected chi connectivity index (χ3v) is 5.40. The molecule has 0 unspecified atom stereocenters. The summed E-state index contributed by atoms with van der Waals surface area (Å²) in [5.74, 6) is -0.494. The van der Waals surface area contributed by atoms with E-state index in [4.69, 9.17) is 4.18 Å². The number of aromatic nitrogens is 2. The van der Waals surface area contributed by atoms with Crippen molar-refractivity contribution in [2.45, 2.75) is 4.90 Å². The Morgan fingerprint density at radius 3 is 2.67 bits per heavy atom. The van der Waals surface area contributed by atoms with Crippen molar-refractivity contribution in [1.29, 1.82) is 0 Å². The molecule has 0 spiro atoms. The fourth-order valence-electron chi connectivity index (χ4n) is 2.05. The number of ether oxygens (including phenoxy) is 1. The van der Waals surface area contributed by atoms with Crippen LogP contribution in [0.15, 0.2) is 51.8 Å². The van der Waals surface area contributed by atoms with Gasteiger partial charge in [-0.1, -0.05) is 12.1 Å². The first-order chi connectivity index (χ1) is 11.4. The third kappa shape index (κ3) is 3.13. The van der Waals surface area contributed by atoms with E-state index in [-0.39, 0.29) is 16.5 Å². The van der Waals surface area contributed by atoms with E-state index >= 15 is 0 Å². The largest absolute Gasteiger partial charge is 0.463 e. The normalized spacial score (nSPS) is 11.4. The number of rotatable bonds is 4. The average Bonchev–Trinajstić information content (AvgIpc) is 2.97. The van der Waals surface area contributed by atoms with Gasteiger partial charge >= 0.3 is 16.1 Å². The number of hydrogen-bond donors (Lipinski definition) is 1. The van der Waals surface area contributed by atoms with Gasteiger partial charge in [-0.25, -0.2) is 9.78 Å². The Morgan fingerprint density at radius 1 is 1.21 bits per heavy atom. The van der Waals surface area contributed by atoms with Gasteiger partial charge in [0.25, 0.3) is 0 Å². The molecule has 1 aromatic heterocycles. The molecule has 1 heterocycles. The number of benzene rings is 2. The molecule has 0 aliphatic rings. The second kappa shape index (κ2) is 6.25. The van der Waals surface area contributed by atoms with Gasteiger partial charge < -0.3 is 13.9 Å². The maximum Gasteiger partial charge on any atom is 0.374 e. The first-order valence-electron chi connectivity index (χ1n) is 6.68. The van der Waals surface area contributed by atoms with Gasteiger partial charge in [-0.05, 0) is 40.2 Å². The summed E-state index contributed by atoms with van der Waals surface area (Å²) in [7, 11) is -2.76. The summed E-state index contributed by atoms with van der Waals surface area (Å²) in [4.78, 5) is 18.3. The molecule has 0 aliphatic heterocycles. The SMILES string of the molecule is COC(=O)c1nc2ccc(OS(=O)(=O)c3ccccc3Br)cc2[nH]1. The van der Waals surface area contributed by atoms with Crippen LogP contribution in [-0.2, 0) is 14.9 Å². The van der Waals surface area contributed by atoms with Crippen molar-refractivity contribution in [2.24, 2.45) is 0 Å². The molecule has 3 rings (SSSR count). The molecule has 0 aliphatic carbocycles. The van der Waals surface area contributed by atoms with Crippen LogP contribution in [-0.4, -0.2) is 31.5 Å². The monoisotopic (exact) mass is 410 g/mol. The van der Waals surface area contributed by atoms with Gasteiger partial charge in [0.2, 0.25) is 5.82 Å². The fraction of sp³-hybridized carbons (Fsp3) is 0.0667. The summed E-state index contributed by atoms with van der Waals surface area (Å²) in [5.41, 5.74) is 0.941. The predicted octanol–water partition coefficient (Wildman–Crippen LogP) is 2.88. The zero-order chi connectivity index (χ0) is 17.3. The summed E-state index contributed by atoms with van der Waals surface area (Å²) >= 11 is 3.19. The van der Waals surface area contributed by atoms with Gasteiger partial charge in [0.1, 0.15) is 10.6 Å². The molecule has 0 atom stereocenters. The molecule has 0 saturated heterocycles. The fourth-order valence-corrected chi connectivity index (χ4v) is 3.93. The number of carbonyl (C=O) groups is 1. The van der Waals surface area contributed by atoms with Gasteiger partial charge in [0.15, 0.2) is 0 Å². The molecule has 0 saturated carbocycles. The Hall–Kier alpha value is -2.39. The van der Waals surface area contributed by atoms with Crippen LogP contribution >= 0.6 is 15.9 Å². The van der Waals surface area contributed by atoms with Gasteiger partial charge in [-0.15, -0.1) is 0 Å². The van der Waals surface area contributed by atoms with E-state index in [9.17, 15) is 13.2 Å². The highest BCUT2D eigenvalue weighted by atomic mass is 79.9. The number of imidazole rings is 1. The van der Waals surface area contributed by atoms with E-state index in [1.54, 1.807) is 24.3 Å². The quantitative estimate of drug-likeness (QED) is 0.524. The van der Waals surface area contributed by atoms with E-state index in [2.05, 4.69) is 30.6 Å². The Bertz CT molecular complexity index is 1030. The summed E-state index contributed by atoms with van der Waals surface area (Å²) < 4.78 is 34.9. The lowest BCUT2D eigenvalue weighted by Gasteiger charge is -2.08. The van der Waals surface area contributed by atoms with Crippen molar-refractivity contribution >= 4 is 43.1 Å². The van der Waals surface area contributed by atoms with Crippen LogP contribution in [0.2, 0.25) is 0 Å². The molecule has 0 radical (unpaired) electrons. The van der Waals surface area contributed by atoms with E-state index in [0.29, 0.717) is 15.5 Å². The molecule has 0 amide bonds. The number of hydrogen-bond acceptors (Lipinski definition) is 6. The highest BCUT2D eigenvalue weighted by Crippen LogP contribution is 2.26.